The summed E-state index contributed by atoms with van der Waals surface area (Å²) in [4.78, 5) is 64.2. The van der Waals surface area contributed by atoms with Gasteiger partial charge >= 0.3 is 24.2 Å². The van der Waals surface area contributed by atoms with Gasteiger partial charge in [-0.05, 0) is 53.8 Å². The Labute approximate surface area is 379 Å². The standard InChI is InChI=1S/C42H63F2N5O7Si2.C2HF3O2/c1-42(2,3)38(36-23-30(32-24-31(43)15-16-33(32)44)27-48(36)26-29-13-11-10-12-14-29)49(37(51)28-50)18-17-34(47-41(54)56-20-22-58(7,8)9)39(52)46-35(25-45)40(53)55-19-21-57(4,5)6;3-2(4,5)1(6)7/h10-16,23-24,27,34-35,38,50H,17-22,25-26,28,45H2,1-9H3,(H,46,52)(H,47,54);(H,6,7). The SMILES string of the molecule is CC(C)(C)C(c1cc(-c2cc(F)ccc2F)cn1Cc1ccccc1)N(CCC(NC(=O)OCC[Si](C)(C)C)C(=O)NC(CN)C(=O)OCC[Si](C)(C)C)C(=O)CO.O=C(O)C(F)(F)F. The van der Waals surface area contributed by atoms with E-state index in [1.165, 1.54) is 4.90 Å². The number of esters is 1. The minimum atomic E-state index is -5.08. The first kappa shape index (κ1) is 56.0. The lowest BCUT2D eigenvalue weighted by atomic mass is 9.82. The fraction of sp³-hybridized carbons (Fsp3) is 0.523. The van der Waals surface area contributed by atoms with Crippen LogP contribution < -0.4 is 16.4 Å². The maximum absolute atomic E-state index is 15.2. The third-order valence-electron chi connectivity index (χ3n) is 9.76. The molecule has 65 heavy (non-hydrogen) atoms. The number of nitrogens with two attached hydrogens (primary N) is 1. The first-order valence-electron chi connectivity index (χ1n) is 21.0. The number of hydrogen-bond donors (Lipinski definition) is 5. The zero-order chi connectivity index (χ0) is 49.5. The van der Waals surface area contributed by atoms with E-state index in [4.69, 9.17) is 25.1 Å². The Morgan fingerprint density at radius 1 is 0.846 bits per heavy atom. The van der Waals surface area contributed by atoms with Crippen LogP contribution in [0.15, 0.2) is 60.8 Å². The summed E-state index contributed by atoms with van der Waals surface area (Å²) in [5, 5.41) is 22.7. The molecule has 0 saturated heterocycles. The van der Waals surface area contributed by atoms with Crippen LogP contribution in [0.5, 0.6) is 0 Å². The Balaban J connectivity index is 0.00000191. The molecule has 1 heterocycles. The van der Waals surface area contributed by atoms with Gasteiger partial charge in [0, 0.05) is 58.8 Å². The first-order chi connectivity index (χ1) is 30.0. The molecule has 6 N–H and O–H groups in total. The molecular weight excluding hydrogens is 894 g/mol. The van der Waals surface area contributed by atoms with E-state index in [0.29, 0.717) is 29.9 Å². The molecule has 21 heteroatoms. The number of aliphatic carboxylic acids is 1. The number of carbonyl (C=O) groups excluding carboxylic acids is 4. The summed E-state index contributed by atoms with van der Waals surface area (Å²) in [5.41, 5.74) is 7.04. The fourth-order valence-electron chi connectivity index (χ4n) is 6.32. The number of rotatable bonds is 20. The highest BCUT2D eigenvalue weighted by Gasteiger charge is 2.39. The lowest BCUT2D eigenvalue weighted by molar-refractivity contribution is -0.192. The fourth-order valence-corrected chi connectivity index (χ4v) is 7.74. The number of carboxylic acid groups (broad SMARTS) is 1. The van der Waals surface area contributed by atoms with Gasteiger partial charge in [-0.1, -0.05) is 90.4 Å². The van der Waals surface area contributed by atoms with E-state index in [9.17, 15) is 41.8 Å². The number of nitrogens with zero attached hydrogens (tertiary/aromatic N) is 2. The van der Waals surface area contributed by atoms with Gasteiger partial charge < -0.3 is 45.5 Å². The average Bonchev–Trinajstić information content (AvgIpc) is 3.59. The van der Waals surface area contributed by atoms with Gasteiger partial charge in [0.05, 0.1) is 19.3 Å². The highest BCUT2D eigenvalue weighted by atomic mass is 28.3. The zero-order valence-corrected chi connectivity index (χ0v) is 40.5. The Kier molecular flexibility index (Phi) is 21.0. The van der Waals surface area contributed by atoms with Crippen LogP contribution in [0, 0.1) is 17.0 Å². The van der Waals surface area contributed by atoms with Gasteiger partial charge in [-0.15, -0.1) is 0 Å². The van der Waals surface area contributed by atoms with Gasteiger partial charge in [0.15, 0.2) is 0 Å². The van der Waals surface area contributed by atoms with Crippen LogP contribution >= 0.6 is 0 Å². The van der Waals surface area contributed by atoms with Crippen molar-refractivity contribution in [2.75, 3.05) is 32.9 Å². The van der Waals surface area contributed by atoms with Crippen LogP contribution in [0.4, 0.5) is 26.7 Å². The molecule has 0 spiro atoms. The lowest BCUT2D eigenvalue weighted by Crippen LogP contribution is -2.55. The molecule has 3 unspecified atom stereocenters. The molecule has 3 rings (SSSR count). The molecule has 0 aliphatic heterocycles. The molecule has 2 aromatic carbocycles. The number of halogens is 5. The van der Waals surface area contributed by atoms with Crippen LogP contribution in [0.25, 0.3) is 11.1 Å². The number of aliphatic hydroxyl groups excluding tert-OH is 1. The third kappa shape index (κ3) is 19.5. The highest BCUT2D eigenvalue weighted by molar-refractivity contribution is 6.76. The van der Waals surface area contributed by atoms with Gasteiger partial charge in [-0.2, -0.15) is 13.2 Å². The molecule has 0 bridgehead atoms. The number of benzene rings is 2. The molecule has 362 valence electrons. The van der Waals surface area contributed by atoms with Crippen molar-refractivity contribution in [3.63, 3.8) is 0 Å². The van der Waals surface area contributed by atoms with E-state index < -0.39 is 94.0 Å². The highest BCUT2D eigenvalue weighted by Crippen LogP contribution is 2.41. The summed E-state index contributed by atoms with van der Waals surface area (Å²) < 4.78 is 74.2. The van der Waals surface area contributed by atoms with Crippen LogP contribution in [-0.4, -0.2) is 117 Å². The van der Waals surface area contributed by atoms with Crippen molar-refractivity contribution in [2.45, 2.75) is 109 Å². The van der Waals surface area contributed by atoms with Gasteiger partial charge in [-0.25, -0.2) is 23.2 Å². The van der Waals surface area contributed by atoms with Crippen LogP contribution in [0.1, 0.15) is 44.5 Å². The number of carbonyl (C=O) groups is 5. The predicted molar refractivity (Wildman–Crippen MR) is 241 cm³/mol. The lowest BCUT2D eigenvalue weighted by Gasteiger charge is -2.41. The number of nitrogens with one attached hydrogen (secondary N) is 2. The van der Waals surface area contributed by atoms with E-state index in [2.05, 4.69) is 49.9 Å². The Bertz CT molecular complexity index is 2050. The van der Waals surface area contributed by atoms with Gasteiger partial charge in [0.25, 0.3) is 0 Å². The molecular formula is C44H64F5N5O9Si2. The second-order valence-corrected chi connectivity index (χ2v) is 30.2. The molecule has 3 amide bonds. The number of aromatic nitrogens is 1. The van der Waals surface area contributed by atoms with Crippen molar-refractivity contribution in [1.82, 2.24) is 20.1 Å². The summed E-state index contributed by atoms with van der Waals surface area (Å²) in [5.74, 6) is -6.14. The maximum atomic E-state index is 15.2. The average molecular weight is 958 g/mol. The van der Waals surface area contributed by atoms with Gasteiger partial charge in [0.2, 0.25) is 11.8 Å². The summed E-state index contributed by atoms with van der Waals surface area (Å²) in [6.45, 7) is 17.8. The van der Waals surface area contributed by atoms with Crippen molar-refractivity contribution in [3.8, 4) is 11.1 Å². The number of carboxylic acids is 1. The van der Waals surface area contributed by atoms with Crippen molar-refractivity contribution in [3.05, 3.63) is 83.7 Å². The van der Waals surface area contributed by atoms with Crippen molar-refractivity contribution < 1.29 is 65.6 Å². The minimum absolute atomic E-state index is 0.0304. The second kappa shape index (κ2) is 24.4. The third-order valence-corrected chi connectivity index (χ3v) is 13.2. The largest absolute Gasteiger partial charge is 0.490 e. The van der Waals surface area contributed by atoms with Crippen molar-refractivity contribution >= 4 is 46.0 Å². The van der Waals surface area contributed by atoms with Gasteiger partial charge in [-0.3, -0.25) is 9.59 Å². The van der Waals surface area contributed by atoms with E-state index in [1.807, 2.05) is 55.7 Å². The van der Waals surface area contributed by atoms with E-state index >= 15 is 4.39 Å². The first-order valence-corrected chi connectivity index (χ1v) is 28.4. The Morgan fingerprint density at radius 2 is 1.42 bits per heavy atom. The minimum Gasteiger partial charge on any atom is -0.475 e. The number of amides is 3. The number of aliphatic hydroxyl groups is 1. The van der Waals surface area contributed by atoms with Crippen LogP contribution in [0.3, 0.4) is 0 Å². The molecule has 0 fully saturated rings. The Morgan fingerprint density at radius 3 is 1.92 bits per heavy atom. The molecule has 0 radical (unpaired) electrons. The summed E-state index contributed by atoms with van der Waals surface area (Å²) >= 11 is 0. The summed E-state index contributed by atoms with van der Waals surface area (Å²) in [6.07, 6.45) is -4.41. The number of ether oxygens (including phenoxy) is 2. The molecule has 0 saturated carbocycles. The maximum Gasteiger partial charge on any atom is 0.490 e. The molecule has 14 nitrogen and oxygen atoms in total. The van der Waals surface area contributed by atoms with Crippen LogP contribution in [-0.2, 0) is 35.2 Å². The monoisotopic (exact) mass is 957 g/mol. The van der Waals surface area contributed by atoms with Crippen molar-refractivity contribution in [2.24, 2.45) is 11.1 Å². The van der Waals surface area contributed by atoms with E-state index in [-0.39, 0.29) is 38.3 Å². The topological polar surface area (TPSA) is 203 Å². The number of alkyl carbamates (subject to hydrolysis) is 1. The predicted octanol–water partition coefficient (Wildman–Crippen LogP) is 7.17. The van der Waals surface area contributed by atoms with E-state index in [0.717, 1.165) is 23.8 Å². The van der Waals surface area contributed by atoms with Gasteiger partial charge in [0.1, 0.15) is 30.3 Å². The number of alkyl halides is 3. The zero-order valence-electron chi connectivity index (χ0n) is 38.5. The van der Waals surface area contributed by atoms with Crippen LogP contribution in [0.2, 0.25) is 51.4 Å². The summed E-state index contributed by atoms with van der Waals surface area (Å²) in [6, 6.07) is 12.5. The molecule has 0 aliphatic carbocycles. The van der Waals surface area contributed by atoms with Crippen molar-refractivity contribution in [1.29, 1.82) is 0 Å². The normalized spacial score (nSPS) is 13.4. The number of hydrogen-bond acceptors (Lipinski definition) is 9. The Hall–Kier alpha value is -5.13. The quantitative estimate of drug-likeness (QED) is 0.0439. The molecule has 3 atom stereocenters. The summed E-state index contributed by atoms with van der Waals surface area (Å²) in [7, 11) is -3.09. The molecule has 1 aromatic heterocycles. The molecule has 3 aromatic rings. The van der Waals surface area contributed by atoms with E-state index in [1.54, 1.807) is 12.3 Å². The smallest absolute Gasteiger partial charge is 0.475 e. The second-order valence-electron chi connectivity index (χ2n) is 18.9. The molecule has 0 aliphatic rings.